The Morgan fingerprint density at radius 1 is 0.840 bits per heavy atom. The van der Waals surface area contributed by atoms with Crippen LogP contribution in [0.2, 0.25) is 6.04 Å². The number of thiocarbonyl (C=S) groups is 1. The summed E-state index contributed by atoms with van der Waals surface area (Å²) < 4.78 is 17.7. The van der Waals surface area contributed by atoms with Crippen LogP contribution in [0.3, 0.4) is 0 Å². The first-order valence-corrected chi connectivity index (χ1v) is 12.4. The maximum absolute atomic E-state index is 5.89. The van der Waals surface area contributed by atoms with Crippen LogP contribution < -0.4 is 5.32 Å². The molecule has 1 N–H and O–H groups in total. The molecule has 0 aliphatic rings. The molecule has 0 rings (SSSR count). The molecule has 0 fully saturated rings. The molecule has 5 nitrogen and oxygen atoms in total. The van der Waals surface area contributed by atoms with E-state index in [1.54, 1.807) is 0 Å². The van der Waals surface area contributed by atoms with Crippen molar-refractivity contribution in [3.8, 4) is 0 Å². The SMILES string of the molecule is CCCCN(CCCC)C(=S)NCCC[Si](OCC)(OCC)OCC. The molecule has 25 heavy (non-hydrogen) atoms. The summed E-state index contributed by atoms with van der Waals surface area (Å²) in [5.74, 6) is 0. The van der Waals surface area contributed by atoms with Gasteiger partial charge < -0.3 is 23.5 Å². The third kappa shape index (κ3) is 11.2. The van der Waals surface area contributed by atoms with E-state index in [-0.39, 0.29) is 0 Å². The highest BCUT2D eigenvalue weighted by molar-refractivity contribution is 7.80. The molecule has 0 unspecified atom stereocenters. The Morgan fingerprint density at radius 3 is 1.72 bits per heavy atom. The quantitative estimate of drug-likeness (QED) is 0.241. The van der Waals surface area contributed by atoms with Crippen LogP contribution in [-0.2, 0) is 13.3 Å². The summed E-state index contributed by atoms with van der Waals surface area (Å²) in [4.78, 5) is 2.31. The van der Waals surface area contributed by atoms with Crippen LogP contribution in [0.25, 0.3) is 0 Å². The minimum absolute atomic E-state index is 0.625. The summed E-state index contributed by atoms with van der Waals surface area (Å²) in [5, 5.41) is 4.29. The van der Waals surface area contributed by atoms with E-state index in [9.17, 15) is 0 Å². The lowest BCUT2D eigenvalue weighted by Gasteiger charge is -2.29. The molecular formula is C18H40N2O3SSi. The van der Waals surface area contributed by atoms with Gasteiger partial charge in [-0.05, 0) is 52.3 Å². The van der Waals surface area contributed by atoms with Crippen molar-refractivity contribution in [3.05, 3.63) is 0 Å². The van der Waals surface area contributed by atoms with E-state index in [1.165, 1.54) is 25.7 Å². The standard InChI is InChI=1S/C18H40N2O3SSi/c1-6-11-15-20(16-12-7-2)18(24)19-14-13-17-25(21-8-3,22-9-4)23-10-5/h6-17H2,1-5H3,(H,19,24). The third-order valence-corrected chi connectivity index (χ3v) is 7.43. The van der Waals surface area contributed by atoms with Crippen molar-refractivity contribution in [3.63, 3.8) is 0 Å². The molecule has 0 aliphatic carbocycles. The van der Waals surface area contributed by atoms with Crippen LogP contribution in [0.5, 0.6) is 0 Å². The van der Waals surface area contributed by atoms with Gasteiger partial charge in [0.25, 0.3) is 0 Å². The molecule has 0 heterocycles. The van der Waals surface area contributed by atoms with Crippen molar-refractivity contribution in [1.82, 2.24) is 10.2 Å². The Kier molecular flexibility index (Phi) is 15.9. The fourth-order valence-corrected chi connectivity index (χ4v) is 5.52. The summed E-state index contributed by atoms with van der Waals surface area (Å²) in [6.07, 6.45) is 5.68. The molecule has 7 heteroatoms. The zero-order valence-corrected chi connectivity index (χ0v) is 18.9. The fraction of sp³-hybridized carbons (Fsp3) is 0.944. The Morgan fingerprint density at radius 2 is 1.32 bits per heavy atom. The van der Waals surface area contributed by atoms with Gasteiger partial charge in [0.05, 0.1) is 0 Å². The average Bonchev–Trinajstić information content (AvgIpc) is 2.59. The molecule has 0 saturated carbocycles. The van der Waals surface area contributed by atoms with Gasteiger partial charge in [0.1, 0.15) is 0 Å². The molecule has 0 amide bonds. The fourth-order valence-electron chi connectivity index (χ4n) is 2.63. The normalized spacial score (nSPS) is 11.6. The smallest absolute Gasteiger partial charge is 0.374 e. The zero-order chi connectivity index (χ0) is 19.0. The molecule has 0 atom stereocenters. The average molecular weight is 393 g/mol. The van der Waals surface area contributed by atoms with Gasteiger partial charge in [-0.25, -0.2) is 0 Å². The van der Waals surface area contributed by atoms with E-state index in [0.29, 0.717) is 19.8 Å². The number of hydrogen-bond acceptors (Lipinski definition) is 4. The number of nitrogens with zero attached hydrogens (tertiary/aromatic N) is 1. The molecular weight excluding hydrogens is 352 g/mol. The van der Waals surface area contributed by atoms with Crippen molar-refractivity contribution in [1.29, 1.82) is 0 Å². The van der Waals surface area contributed by atoms with Crippen LogP contribution in [0.15, 0.2) is 0 Å². The van der Waals surface area contributed by atoms with Gasteiger partial charge >= 0.3 is 8.80 Å². The molecule has 0 aromatic rings. The van der Waals surface area contributed by atoms with Crippen molar-refractivity contribution >= 4 is 26.1 Å². The number of hydrogen-bond donors (Lipinski definition) is 1. The Balaban J connectivity index is 4.40. The van der Waals surface area contributed by atoms with E-state index >= 15 is 0 Å². The first-order valence-electron chi connectivity index (χ1n) is 10.0. The lowest BCUT2D eigenvalue weighted by atomic mass is 10.3. The van der Waals surface area contributed by atoms with Gasteiger partial charge in [-0.1, -0.05) is 26.7 Å². The monoisotopic (exact) mass is 392 g/mol. The van der Waals surface area contributed by atoms with Crippen molar-refractivity contribution in [2.24, 2.45) is 0 Å². The molecule has 150 valence electrons. The Bertz CT molecular complexity index is 310. The van der Waals surface area contributed by atoms with Crippen LogP contribution in [0.1, 0.15) is 66.7 Å². The lowest BCUT2D eigenvalue weighted by molar-refractivity contribution is 0.0709. The van der Waals surface area contributed by atoms with E-state index < -0.39 is 8.80 Å². The van der Waals surface area contributed by atoms with E-state index in [2.05, 4.69) is 24.1 Å². The van der Waals surface area contributed by atoms with Gasteiger partial charge in [-0.2, -0.15) is 0 Å². The first kappa shape index (κ1) is 24.8. The van der Waals surface area contributed by atoms with Gasteiger partial charge in [-0.3, -0.25) is 0 Å². The third-order valence-electron chi connectivity index (χ3n) is 3.88. The molecule has 0 spiro atoms. The molecule has 0 bridgehead atoms. The summed E-state index contributed by atoms with van der Waals surface area (Å²) in [5.41, 5.74) is 0. The maximum atomic E-state index is 5.89. The van der Waals surface area contributed by atoms with Gasteiger partial charge in [0.15, 0.2) is 5.11 Å². The Labute approximate surface area is 162 Å². The van der Waals surface area contributed by atoms with Crippen molar-refractivity contribution in [2.75, 3.05) is 39.5 Å². The van der Waals surface area contributed by atoms with Crippen molar-refractivity contribution in [2.45, 2.75) is 72.8 Å². The summed E-state index contributed by atoms with van der Waals surface area (Å²) in [7, 11) is -2.53. The minimum atomic E-state index is -2.53. The zero-order valence-electron chi connectivity index (χ0n) is 17.1. The molecule has 0 aliphatic heterocycles. The summed E-state index contributed by atoms with van der Waals surface area (Å²) in [6, 6.07) is 0.821. The second-order valence-corrected chi connectivity index (χ2v) is 9.13. The van der Waals surface area contributed by atoms with Crippen LogP contribution in [0.4, 0.5) is 0 Å². The number of nitrogens with one attached hydrogen (secondary N) is 1. The maximum Gasteiger partial charge on any atom is 0.500 e. The molecule has 0 radical (unpaired) electrons. The van der Waals surface area contributed by atoms with Crippen LogP contribution in [-0.4, -0.2) is 58.3 Å². The van der Waals surface area contributed by atoms with Gasteiger partial charge in [-0.15, -0.1) is 0 Å². The highest BCUT2D eigenvalue weighted by Crippen LogP contribution is 2.17. The van der Waals surface area contributed by atoms with Crippen LogP contribution >= 0.6 is 12.2 Å². The molecule has 0 aromatic heterocycles. The Hall–Kier alpha value is -0.213. The van der Waals surface area contributed by atoms with E-state index in [0.717, 1.165) is 37.2 Å². The predicted octanol–water partition coefficient (Wildman–Crippen LogP) is 4.20. The topological polar surface area (TPSA) is 43.0 Å². The number of rotatable bonds is 16. The summed E-state index contributed by atoms with van der Waals surface area (Å²) in [6.45, 7) is 15.2. The highest BCUT2D eigenvalue weighted by atomic mass is 32.1. The van der Waals surface area contributed by atoms with E-state index in [4.69, 9.17) is 25.5 Å². The highest BCUT2D eigenvalue weighted by Gasteiger charge is 2.39. The van der Waals surface area contributed by atoms with Crippen molar-refractivity contribution < 1.29 is 13.3 Å². The molecule has 0 aromatic carbocycles. The minimum Gasteiger partial charge on any atom is -0.374 e. The first-order chi connectivity index (χ1) is 12.1. The second kappa shape index (κ2) is 16.0. The van der Waals surface area contributed by atoms with Crippen LogP contribution in [0, 0.1) is 0 Å². The predicted molar refractivity (Wildman–Crippen MR) is 112 cm³/mol. The van der Waals surface area contributed by atoms with E-state index in [1.807, 2.05) is 20.8 Å². The lowest BCUT2D eigenvalue weighted by Crippen LogP contribution is -2.47. The second-order valence-electron chi connectivity index (χ2n) is 6.01. The van der Waals surface area contributed by atoms with Gasteiger partial charge in [0, 0.05) is 45.5 Å². The van der Waals surface area contributed by atoms with Gasteiger partial charge in [0.2, 0.25) is 0 Å². The summed E-state index contributed by atoms with van der Waals surface area (Å²) >= 11 is 5.60. The number of unbranched alkanes of at least 4 members (excludes halogenated alkanes) is 2. The molecule has 0 saturated heterocycles. The largest absolute Gasteiger partial charge is 0.500 e.